The highest BCUT2D eigenvalue weighted by molar-refractivity contribution is 7.88. The Labute approximate surface area is 137 Å². The molecule has 1 aromatic rings. The van der Waals surface area contributed by atoms with Crippen LogP contribution in [0.3, 0.4) is 0 Å². The first-order chi connectivity index (χ1) is 10.8. The second kappa shape index (κ2) is 9.62. The van der Waals surface area contributed by atoms with Gasteiger partial charge in [0, 0.05) is 13.1 Å². The van der Waals surface area contributed by atoms with Crippen LogP contribution in [-0.4, -0.2) is 44.5 Å². The number of rotatable bonds is 10. The number of halogens is 1. The minimum atomic E-state index is -3.48. The Morgan fingerprint density at radius 3 is 2.43 bits per heavy atom. The van der Waals surface area contributed by atoms with Crippen LogP contribution in [0.2, 0.25) is 0 Å². The fraction of sp³-hybridized carbons (Fsp3) is 0.562. The van der Waals surface area contributed by atoms with Gasteiger partial charge < -0.3 is 5.32 Å². The highest BCUT2D eigenvalue weighted by Gasteiger charge is 2.19. The van der Waals surface area contributed by atoms with Gasteiger partial charge in [-0.25, -0.2) is 12.8 Å². The molecule has 0 aliphatic heterocycles. The fourth-order valence-electron chi connectivity index (χ4n) is 2.09. The largest absolute Gasteiger partial charge is 0.355 e. The lowest BCUT2D eigenvalue weighted by Crippen LogP contribution is -2.41. The molecule has 1 rings (SSSR count). The molecule has 1 N–H and O–H groups in total. The number of hydrogen-bond donors (Lipinski definition) is 1. The van der Waals surface area contributed by atoms with Crippen molar-refractivity contribution in [2.75, 3.05) is 25.9 Å². The molecule has 0 fully saturated rings. The van der Waals surface area contributed by atoms with Crippen LogP contribution in [0.5, 0.6) is 0 Å². The van der Waals surface area contributed by atoms with E-state index in [4.69, 9.17) is 0 Å². The Kier molecular flexibility index (Phi) is 8.19. The number of carbonyl (C=O) groups is 1. The number of unbranched alkanes of at least 4 members (excludes halogenated alkanes) is 2. The van der Waals surface area contributed by atoms with E-state index in [1.807, 2.05) is 0 Å². The van der Waals surface area contributed by atoms with E-state index in [0.29, 0.717) is 13.0 Å². The summed E-state index contributed by atoms with van der Waals surface area (Å²) in [5.74, 6) is -0.634. The highest BCUT2D eigenvalue weighted by Crippen LogP contribution is 2.06. The predicted molar refractivity (Wildman–Crippen MR) is 89.1 cm³/mol. The van der Waals surface area contributed by atoms with Gasteiger partial charge in [0.2, 0.25) is 15.9 Å². The zero-order chi connectivity index (χ0) is 17.3. The van der Waals surface area contributed by atoms with Crippen LogP contribution in [-0.2, 0) is 21.2 Å². The molecule has 0 bridgehead atoms. The summed E-state index contributed by atoms with van der Waals surface area (Å²) < 4.78 is 37.6. The Hall–Kier alpha value is -1.47. The Morgan fingerprint density at radius 2 is 1.87 bits per heavy atom. The van der Waals surface area contributed by atoms with Gasteiger partial charge in [-0.15, -0.1) is 0 Å². The van der Waals surface area contributed by atoms with Crippen LogP contribution < -0.4 is 5.32 Å². The second-order valence-electron chi connectivity index (χ2n) is 5.53. The van der Waals surface area contributed by atoms with Crippen molar-refractivity contribution < 1.29 is 17.6 Å². The van der Waals surface area contributed by atoms with Gasteiger partial charge in [-0.2, -0.15) is 4.31 Å². The van der Waals surface area contributed by atoms with Crippen molar-refractivity contribution in [1.82, 2.24) is 9.62 Å². The fourth-order valence-corrected chi connectivity index (χ4v) is 2.86. The van der Waals surface area contributed by atoms with Gasteiger partial charge in [0.15, 0.2) is 0 Å². The first-order valence-electron chi connectivity index (χ1n) is 7.79. The Morgan fingerprint density at radius 1 is 1.22 bits per heavy atom. The van der Waals surface area contributed by atoms with E-state index in [1.165, 1.54) is 12.1 Å². The standard InChI is InChI=1S/C16H25FN2O3S/c1-3-4-5-11-18-16(20)13-19(23(2,21)22)12-10-14-6-8-15(17)9-7-14/h6-9H,3-5,10-13H2,1-2H3,(H,18,20). The van der Waals surface area contributed by atoms with Crippen LogP contribution in [0, 0.1) is 5.82 Å². The molecule has 23 heavy (non-hydrogen) atoms. The van der Waals surface area contributed by atoms with Gasteiger partial charge in [-0.05, 0) is 30.5 Å². The van der Waals surface area contributed by atoms with Crippen molar-refractivity contribution in [3.63, 3.8) is 0 Å². The zero-order valence-corrected chi connectivity index (χ0v) is 14.5. The summed E-state index contributed by atoms with van der Waals surface area (Å²) >= 11 is 0. The number of benzene rings is 1. The second-order valence-corrected chi connectivity index (χ2v) is 7.51. The summed E-state index contributed by atoms with van der Waals surface area (Å²) in [6.45, 7) is 2.63. The third kappa shape index (κ3) is 8.08. The van der Waals surface area contributed by atoms with Crippen molar-refractivity contribution in [1.29, 1.82) is 0 Å². The maximum absolute atomic E-state index is 12.9. The molecular weight excluding hydrogens is 319 g/mol. The molecule has 0 saturated carbocycles. The lowest BCUT2D eigenvalue weighted by molar-refractivity contribution is -0.121. The van der Waals surface area contributed by atoms with Gasteiger partial charge in [-0.3, -0.25) is 4.79 Å². The normalized spacial score (nSPS) is 11.7. The molecule has 0 saturated heterocycles. The molecule has 1 amide bonds. The Balaban J connectivity index is 2.53. The minimum absolute atomic E-state index is 0.187. The molecule has 0 unspecified atom stereocenters. The monoisotopic (exact) mass is 344 g/mol. The molecule has 0 aliphatic carbocycles. The number of nitrogens with zero attached hydrogens (tertiary/aromatic N) is 1. The van der Waals surface area contributed by atoms with E-state index in [2.05, 4.69) is 12.2 Å². The van der Waals surface area contributed by atoms with Gasteiger partial charge in [0.25, 0.3) is 0 Å². The SMILES string of the molecule is CCCCCNC(=O)CN(CCc1ccc(F)cc1)S(C)(=O)=O. The van der Waals surface area contributed by atoms with E-state index in [-0.39, 0.29) is 24.8 Å². The van der Waals surface area contributed by atoms with Crippen molar-refractivity contribution in [2.24, 2.45) is 0 Å². The van der Waals surface area contributed by atoms with E-state index >= 15 is 0 Å². The molecule has 1 aromatic carbocycles. The first kappa shape index (κ1) is 19.6. The van der Waals surface area contributed by atoms with Crippen molar-refractivity contribution >= 4 is 15.9 Å². The summed E-state index contributed by atoms with van der Waals surface area (Å²) in [6.07, 6.45) is 4.48. The molecule has 0 radical (unpaired) electrons. The summed E-state index contributed by atoms with van der Waals surface area (Å²) in [5.41, 5.74) is 0.823. The van der Waals surface area contributed by atoms with Crippen LogP contribution in [0.25, 0.3) is 0 Å². The van der Waals surface area contributed by atoms with Gasteiger partial charge in [0.05, 0.1) is 12.8 Å². The lowest BCUT2D eigenvalue weighted by atomic mass is 10.1. The number of hydrogen-bond acceptors (Lipinski definition) is 3. The number of sulfonamides is 1. The lowest BCUT2D eigenvalue weighted by Gasteiger charge is -2.19. The average Bonchev–Trinajstić information content (AvgIpc) is 2.48. The van der Waals surface area contributed by atoms with Crippen LogP contribution in [0.4, 0.5) is 4.39 Å². The molecule has 7 heteroatoms. The topological polar surface area (TPSA) is 66.5 Å². The quantitative estimate of drug-likeness (QED) is 0.660. The molecule has 0 aromatic heterocycles. The average molecular weight is 344 g/mol. The van der Waals surface area contributed by atoms with Gasteiger partial charge in [-0.1, -0.05) is 31.9 Å². The van der Waals surface area contributed by atoms with E-state index < -0.39 is 10.0 Å². The smallest absolute Gasteiger partial charge is 0.235 e. The molecule has 0 heterocycles. The van der Waals surface area contributed by atoms with Crippen molar-refractivity contribution in [3.05, 3.63) is 35.6 Å². The van der Waals surface area contributed by atoms with Crippen LogP contribution >= 0.6 is 0 Å². The summed E-state index contributed by atoms with van der Waals surface area (Å²) in [4.78, 5) is 11.9. The van der Waals surface area contributed by atoms with Crippen molar-refractivity contribution in [3.8, 4) is 0 Å². The summed E-state index contributed by atoms with van der Waals surface area (Å²) in [5, 5.41) is 2.73. The van der Waals surface area contributed by atoms with E-state index in [9.17, 15) is 17.6 Å². The van der Waals surface area contributed by atoms with Gasteiger partial charge >= 0.3 is 0 Å². The molecule has 130 valence electrons. The third-order valence-corrected chi connectivity index (χ3v) is 4.70. The van der Waals surface area contributed by atoms with Crippen LogP contribution in [0.15, 0.2) is 24.3 Å². The zero-order valence-electron chi connectivity index (χ0n) is 13.7. The predicted octanol–water partition coefficient (Wildman–Crippen LogP) is 1.94. The third-order valence-electron chi connectivity index (χ3n) is 3.45. The molecular formula is C16H25FN2O3S. The van der Waals surface area contributed by atoms with Crippen molar-refractivity contribution in [2.45, 2.75) is 32.6 Å². The van der Waals surface area contributed by atoms with Gasteiger partial charge in [0.1, 0.15) is 5.82 Å². The Bertz CT molecular complexity index is 588. The summed E-state index contributed by atoms with van der Waals surface area (Å²) in [6, 6.07) is 5.89. The molecule has 0 atom stereocenters. The minimum Gasteiger partial charge on any atom is -0.355 e. The molecule has 0 aliphatic rings. The van der Waals surface area contributed by atoms with Crippen LogP contribution in [0.1, 0.15) is 31.7 Å². The number of amides is 1. The maximum atomic E-state index is 12.9. The summed E-state index contributed by atoms with van der Waals surface area (Å²) in [7, 11) is -3.48. The van der Waals surface area contributed by atoms with E-state index in [0.717, 1.165) is 35.4 Å². The molecule has 0 spiro atoms. The van der Waals surface area contributed by atoms with E-state index in [1.54, 1.807) is 12.1 Å². The highest BCUT2D eigenvalue weighted by atomic mass is 32.2. The maximum Gasteiger partial charge on any atom is 0.235 e. The first-order valence-corrected chi connectivity index (χ1v) is 9.64. The number of nitrogens with one attached hydrogen (secondary N) is 1. The molecule has 5 nitrogen and oxygen atoms in total. The number of carbonyl (C=O) groups excluding carboxylic acids is 1.